The van der Waals surface area contributed by atoms with E-state index < -0.39 is 24.1 Å². The molecule has 2 N–H and O–H groups in total. The third-order valence-corrected chi connectivity index (χ3v) is 1.96. The first-order valence-electron chi connectivity index (χ1n) is 4.29. The molecule has 0 aromatic heterocycles. The van der Waals surface area contributed by atoms with Crippen molar-refractivity contribution in [2.75, 3.05) is 20.3 Å². The van der Waals surface area contributed by atoms with Gasteiger partial charge in [0.1, 0.15) is 12.1 Å². The standard InChI is InChI=1S/C8H13NO5/c1-13-7(11)2-6-8(12)14-5(4-10)3-9-6/h5-6,9-10H,2-4H2,1H3. The second-order valence-corrected chi connectivity index (χ2v) is 2.98. The maximum absolute atomic E-state index is 11.2. The van der Waals surface area contributed by atoms with Gasteiger partial charge in [0, 0.05) is 6.54 Å². The Kier molecular flexibility index (Phi) is 3.84. The largest absolute Gasteiger partial charge is 0.469 e. The summed E-state index contributed by atoms with van der Waals surface area (Å²) in [5.41, 5.74) is 0. The van der Waals surface area contributed by atoms with Crippen molar-refractivity contribution in [1.82, 2.24) is 5.32 Å². The summed E-state index contributed by atoms with van der Waals surface area (Å²) in [6.07, 6.45) is -0.565. The van der Waals surface area contributed by atoms with Gasteiger partial charge >= 0.3 is 11.9 Å². The molecule has 6 heteroatoms. The number of hydrogen-bond acceptors (Lipinski definition) is 6. The molecule has 1 aliphatic heterocycles. The van der Waals surface area contributed by atoms with Crippen LogP contribution in [0.25, 0.3) is 0 Å². The molecular weight excluding hydrogens is 190 g/mol. The molecule has 6 nitrogen and oxygen atoms in total. The average molecular weight is 203 g/mol. The molecule has 2 atom stereocenters. The molecule has 0 aromatic carbocycles. The summed E-state index contributed by atoms with van der Waals surface area (Å²) in [5.74, 6) is -0.998. The molecule has 1 aliphatic rings. The zero-order valence-corrected chi connectivity index (χ0v) is 7.86. The van der Waals surface area contributed by atoms with Crippen LogP contribution in [0.4, 0.5) is 0 Å². The summed E-state index contributed by atoms with van der Waals surface area (Å²) in [6.45, 7) is 0.133. The van der Waals surface area contributed by atoms with Crippen LogP contribution in [0.5, 0.6) is 0 Å². The fraction of sp³-hybridized carbons (Fsp3) is 0.750. The van der Waals surface area contributed by atoms with Gasteiger partial charge in [-0.3, -0.25) is 9.59 Å². The molecule has 0 aliphatic carbocycles. The van der Waals surface area contributed by atoms with Crippen LogP contribution >= 0.6 is 0 Å². The summed E-state index contributed by atoms with van der Waals surface area (Å²) in [5, 5.41) is 11.5. The lowest BCUT2D eigenvalue weighted by Gasteiger charge is -2.27. The van der Waals surface area contributed by atoms with Gasteiger partial charge in [0.15, 0.2) is 0 Å². The van der Waals surface area contributed by atoms with Crippen LogP contribution in [0, 0.1) is 0 Å². The number of morpholine rings is 1. The molecule has 0 radical (unpaired) electrons. The van der Waals surface area contributed by atoms with E-state index in [0.29, 0.717) is 6.54 Å². The van der Waals surface area contributed by atoms with Crippen LogP contribution in [0.3, 0.4) is 0 Å². The molecular formula is C8H13NO5. The second-order valence-electron chi connectivity index (χ2n) is 2.98. The number of hydrogen-bond donors (Lipinski definition) is 2. The lowest BCUT2D eigenvalue weighted by atomic mass is 10.1. The van der Waals surface area contributed by atoms with Crippen molar-refractivity contribution in [3.05, 3.63) is 0 Å². The summed E-state index contributed by atoms with van der Waals surface area (Å²) >= 11 is 0. The zero-order chi connectivity index (χ0) is 10.6. The van der Waals surface area contributed by atoms with E-state index in [1.54, 1.807) is 0 Å². The fourth-order valence-electron chi connectivity index (χ4n) is 1.15. The van der Waals surface area contributed by atoms with Crippen LogP contribution < -0.4 is 5.32 Å². The van der Waals surface area contributed by atoms with Crippen LogP contribution in [0.1, 0.15) is 6.42 Å². The van der Waals surface area contributed by atoms with Crippen LogP contribution in [0.15, 0.2) is 0 Å². The smallest absolute Gasteiger partial charge is 0.324 e. The number of ether oxygens (including phenoxy) is 2. The van der Waals surface area contributed by atoms with Crippen LogP contribution in [-0.4, -0.2) is 49.5 Å². The molecule has 0 amide bonds. The number of carbonyl (C=O) groups is 2. The highest BCUT2D eigenvalue weighted by Crippen LogP contribution is 2.06. The Morgan fingerprint density at radius 1 is 1.79 bits per heavy atom. The lowest BCUT2D eigenvalue weighted by molar-refractivity contribution is -0.162. The Bertz CT molecular complexity index is 230. The van der Waals surface area contributed by atoms with Crippen molar-refractivity contribution >= 4 is 11.9 Å². The van der Waals surface area contributed by atoms with Crippen LogP contribution in [0.2, 0.25) is 0 Å². The molecule has 1 rings (SSSR count). The van der Waals surface area contributed by atoms with Crippen LogP contribution in [-0.2, 0) is 19.1 Å². The summed E-state index contributed by atoms with van der Waals surface area (Å²) in [7, 11) is 1.26. The number of aliphatic hydroxyl groups excluding tert-OH is 1. The van der Waals surface area contributed by atoms with E-state index >= 15 is 0 Å². The third kappa shape index (κ3) is 2.68. The number of rotatable bonds is 3. The molecule has 0 aromatic rings. The number of cyclic esters (lactones) is 1. The number of carbonyl (C=O) groups excluding carboxylic acids is 2. The van der Waals surface area contributed by atoms with E-state index in [2.05, 4.69) is 10.1 Å². The van der Waals surface area contributed by atoms with E-state index in [0.717, 1.165) is 0 Å². The van der Waals surface area contributed by atoms with E-state index in [9.17, 15) is 9.59 Å². The molecule has 0 spiro atoms. The summed E-state index contributed by atoms with van der Waals surface area (Å²) in [6, 6.07) is -0.662. The van der Waals surface area contributed by atoms with Gasteiger partial charge in [-0.2, -0.15) is 0 Å². The van der Waals surface area contributed by atoms with Gasteiger partial charge in [-0.05, 0) is 0 Å². The molecule has 14 heavy (non-hydrogen) atoms. The van der Waals surface area contributed by atoms with Crippen molar-refractivity contribution in [3.8, 4) is 0 Å². The minimum Gasteiger partial charge on any atom is -0.469 e. The van der Waals surface area contributed by atoms with Gasteiger partial charge in [-0.15, -0.1) is 0 Å². The van der Waals surface area contributed by atoms with E-state index in [4.69, 9.17) is 9.84 Å². The fourth-order valence-corrected chi connectivity index (χ4v) is 1.15. The molecule has 2 unspecified atom stereocenters. The average Bonchev–Trinajstić information content (AvgIpc) is 2.20. The summed E-state index contributed by atoms with van der Waals surface area (Å²) in [4.78, 5) is 22.1. The topological polar surface area (TPSA) is 84.9 Å². The first-order valence-corrected chi connectivity index (χ1v) is 4.29. The van der Waals surface area contributed by atoms with E-state index in [1.807, 2.05) is 0 Å². The van der Waals surface area contributed by atoms with Gasteiger partial charge in [0.05, 0.1) is 20.1 Å². The molecule has 0 saturated carbocycles. The van der Waals surface area contributed by atoms with Gasteiger partial charge < -0.3 is 19.9 Å². The Balaban J connectivity index is 2.42. The predicted octanol–water partition coefficient (Wildman–Crippen LogP) is -1.57. The Morgan fingerprint density at radius 3 is 3.00 bits per heavy atom. The Morgan fingerprint density at radius 2 is 2.50 bits per heavy atom. The van der Waals surface area contributed by atoms with Gasteiger partial charge in [-0.1, -0.05) is 0 Å². The first kappa shape index (κ1) is 10.9. The van der Waals surface area contributed by atoms with Gasteiger partial charge in [0.25, 0.3) is 0 Å². The van der Waals surface area contributed by atoms with Crippen molar-refractivity contribution in [2.24, 2.45) is 0 Å². The zero-order valence-electron chi connectivity index (χ0n) is 7.86. The highest BCUT2D eigenvalue weighted by molar-refractivity contribution is 5.83. The minimum absolute atomic E-state index is 0.0481. The van der Waals surface area contributed by atoms with Gasteiger partial charge in [0.2, 0.25) is 0 Å². The number of aliphatic hydroxyl groups is 1. The predicted molar refractivity (Wildman–Crippen MR) is 45.4 cm³/mol. The monoisotopic (exact) mass is 203 g/mol. The maximum Gasteiger partial charge on any atom is 0.324 e. The molecule has 1 saturated heterocycles. The lowest BCUT2D eigenvalue weighted by Crippen LogP contribution is -2.51. The number of nitrogens with one attached hydrogen (secondary N) is 1. The number of methoxy groups -OCH3 is 1. The highest BCUT2D eigenvalue weighted by atomic mass is 16.6. The van der Waals surface area contributed by atoms with Crippen molar-refractivity contribution in [2.45, 2.75) is 18.6 Å². The van der Waals surface area contributed by atoms with Crippen molar-refractivity contribution in [1.29, 1.82) is 0 Å². The first-order chi connectivity index (χ1) is 6.67. The van der Waals surface area contributed by atoms with E-state index in [-0.39, 0.29) is 13.0 Å². The SMILES string of the molecule is COC(=O)CC1NCC(CO)OC1=O. The molecule has 1 fully saturated rings. The van der Waals surface area contributed by atoms with Crippen molar-refractivity contribution in [3.63, 3.8) is 0 Å². The van der Waals surface area contributed by atoms with Gasteiger partial charge in [-0.25, -0.2) is 0 Å². The normalized spacial score (nSPS) is 26.9. The molecule has 1 heterocycles. The molecule has 80 valence electrons. The molecule has 0 bridgehead atoms. The minimum atomic E-state index is -0.662. The Labute approximate surface area is 81.2 Å². The summed E-state index contributed by atoms with van der Waals surface area (Å²) < 4.78 is 9.25. The van der Waals surface area contributed by atoms with E-state index in [1.165, 1.54) is 7.11 Å². The maximum atomic E-state index is 11.2. The third-order valence-electron chi connectivity index (χ3n) is 1.96. The highest BCUT2D eigenvalue weighted by Gasteiger charge is 2.30. The second kappa shape index (κ2) is 4.92. The quantitative estimate of drug-likeness (QED) is 0.539. The Hall–Kier alpha value is -1.14. The van der Waals surface area contributed by atoms with Crippen molar-refractivity contribution < 1.29 is 24.2 Å². The number of esters is 2.